The van der Waals surface area contributed by atoms with Crippen LogP contribution in [0.4, 0.5) is 11.0 Å². The molecule has 2 aromatic carbocycles. The van der Waals surface area contributed by atoms with E-state index in [0.29, 0.717) is 22.2 Å². The number of fused-ring (bicyclic) bond motifs is 1. The van der Waals surface area contributed by atoms with Crippen molar-refractivity contribution in [2.45, 2.75) is 11.3 Å². The van der Waals surface area contributed by atoms with Gasteiger partial charge < -0.3 is 9.15 Å². The molecule has 4 aromatic rings. The molecule has 0 saturated carbocycles. The number of nitrogens with zero attached hydrogens (tertiary/aromatic N) is 4. The third-order valence-corrected chi connectivity index (χ3v) is 6.43. The van der Waals surface area contributed by atoms with Crippen LogP contribution in [-0.2, 0) is 4.79 Å². The highest BCUT2D eigenvalue weighted by Gasteiger charge is 2.20. The molecule has 11 heteroatoms. The number of carbonyl (C=O) groups is 1. The zero-order valence-corrected chi connectivity index (χ0v) is 19.0. The van der Waals surface area contributed by atoms with Crippen molar-refractivity contribution in [1.82, 2.24) is 4.98 Å². The molecule has 2 heterocycles. The van der Waals surface area contributed by atoms with Crippen molar-refractivity contribution in [3.8, 4) is 5.75 Å². The normalized spacial score (nSPS) is 11.2. The van der Waals surface area contributed by atoms with Crippen LogP contribution in [-0.4, -0.2) is 34.9 Å². The van der Waals surface area contributed by atoms with Gasteiger partial charge in [-0.2, -0.15) is 10.1 Å². The van der Waals surface area contributed by atoms with Gasteiger partial charge in [-0.3, -0.25) is 14.9 Å². The van der Waals surface area contributed by atoms with Crippen LogP contribution in [0, 0.1) is 10.1 Å². The van der Waals surface area contributed by atoms with Crippen molar-refractivity contribution in [3.05, 3.63) is 76.5 Å². The van der Waals surface area contributed by atoms with Crippen LogP contribution < -0.4 is 9.75 Å². The predicted molar refractivity (Wildman–Crippen MR) is 128 cm³/mol. The minimum absolute atomic E-state index is 0.154. The fourth-order valence-electron chi connectivity index (χ4n) is 2.83. The van der Waals surface area contributed by atoms with Gasteiger partial charge in [-0.05, 0) is 36.4 Å². The van der Waals surface area contributed by atoms with Crippen LogP contribution in [0.1, 0.15) is 12.2 Å². The van der Waals surface area contributed by atoms with Gasteiger partial charge in [0, 0.05) is 17.1 Å². The molecule has 0 aliphatic rings. The van der Waals surface area contributed by atoms with E-state index in [-0.39, 0.29) is 18.1 Å². The fourth-order valence-corrected chi connectivity index (χ4v) is 4.67. The van der Waals surface area contributed by atoms with Crippen LogP contribution in [0.25, 0.3) is 10.2 Å². The highest BCUT2D eigenvalue weighted by Crippen LogP contribution is 2.32. The number of ether oxygens (including phenoxy) is 1. The first-order valence-corrected chi connectivity index (χ1v) is 11.6. The van der Waals surface area contributed by atoms with Crippen molar-refractivity contribution < 1.29 is 18.9 Å². The summed E-state index contributed by atoms with van der Waals surface area (Å²) in [7, 11) is 1.58. The second-order valence-corrected chi connectivity index (χ2v) is 8.80. The Morgan fingerprint density at radius 3 is 2.82 bits per heavy atom. The number of aromatic nitrogens is 1. The Hall–Kier alpha value is -3.70. The summed E-state index contributed by atoms with van der Waals surface area (Å²) in [6.45, 7) is 0. The molecule has 2 aromatic heterocycles. The first-order chi connectivity index (χ1) is 16.0. The minimum Gasteiger partial charge on any atom is -0.497 e. The maximum atomic E-state index is 13.1. The fraction of sp³-hybridized carbons (Fsp3) is 0.136. The summed E-state index contributed by atoms with van der Waals surface area (Å²) in [6.07, 6.45) is 1.48. The van der Waals surface area contributed by atoms with E-state index in [1.165, 1.54) is 34.7 Å². The maximum Gasteiger partial charge on any atom is 0.433 e. The largest absolute Gasteiger partial charge is 0.497 e. The highest BCUT2D eigenvalue weighted by molar-refractivity contribution is 7.99. The second-order valence-electron chi connectivity index (χ2n) is 6.62. The van der Waals surface area contributed by atoms with Crippen LogP contribution in [0.15, 0.2) is 75.1 Å². The first kappa shape index (κ1) is 22.5. The number of rotatable bonds is 9. The quantitative estimate of drug-likeness (QED) is 0.137. The van der Waals surface area contributed by atoms with Crippen molar-refractivity contribution in [3.63, 3.8) is 0 Å². The minimum atomic E-state index is -0.637. The third-order valence-electron chi connectivity index (χ3n) is 4.42. The summed E-state index contributed by atoms with van der Waals surface area (Å²) < 4.78 is 11.2. The summed E-state index contributed by atoms with van der Waals surface area (Å²) in [5.41, 5.74) is 0.705. The predicted octanol–water partition coefficient (Wildman–Crippen LogP) is 5.36. The number of benzene rings is 2. The monoisotopic (exact) mass is 482 g/mol. The highest BCUT2D eigenvalue weighted by atomic mass is 32.2. The van der Waals surface area contributed by atoms with E-state index in [1.54, 1.807) is 24.9 Å². The molecule has 4 rings (SSSR count). The molecule has 1 amide bonds. The number of hydrogen-bond donors (Lipinski definition) is 0. The lowest BCUT2D eigenvalue weighted by molar-refractivity contribution is -0.402. The molecule has 0 spiro atoms. The molecule has 0 atom stereocenters. The van der Waals surface area contributed by atoms with Gasteiger partial charge >= 0.3 is 5.88 Å². The molecule has 0 aliphatic carbocycles. The Morgan fingerprint density at radius 1 is 1.27 bits per heavy atom. The molecule has 0 unspecified atom stereocenters. The molecule has 9 nitrogen and oxygen atoms in total. The molecule has 0 bridgehead atoms. The summed E-state index contributed by atoms with van der Waals surface area (Å²) in [4.78, 5) is 28.9. The number of carbonyl (C=O) groups excluding carboxylic acids is 1. The Bertz CT molecular complexity index is 1300. The summed E-state index contributed by atoms with van der Waals surface area (Å²) in [5, 5.41) is 16.7. The lowest BCUT2D eigenvalue weighted by Gasteiger charge is -2.13. The van der Waals surface area contributed by atoms with Gasteiger partial charge in [-0.1, -0.05) is 29.5 Å². The van der Waals surface area contributed by atoms with E-state index in [4.69, 9.17) is 9.15 Å². The van der Waals surface area contributed by atoms with E-state index in [0.717, 1.165) is 9.60 Å². The van der Waals surface area contributed by atoms with E-state index in [1.807, 2.05) is 42.5 Å². The number of amides is 1. The standard InChI is InChI=1S/C22H18N4O5S2/c1-30-15-7-9-18-19(13-15)33-22(24-18)25(23-14-16-8-10-21(31-16)26(28)29)20(27)11-12-32-17-5-3-2-4-6-17/h2-10,13-14H,11-12H2,1H3/b23-14+. The third kappa shape index (κ3) is 5.57. The van der Waals surface area contributed by atoms with Gasteiger partial charge in [0.15, 0.2) is 5.76 Å². The maximum absolute atomic E-state index is 13.1. The van der Waals surface area contributed by atoms with Gasteiger partial charge in [0.2, 0.25) is 11.0 Å². The van der Waals surface area contributed by atoms with Crippen molar-refractivity contribution in [1.29, 1.82) is 0 Å². The van der Waals surface area contributed by atoms with Crippen molar-refractivity contribution in [2.24, 2.45) is 5.10 Å². The zero-order valence-electron chi connectivity index (χ0n) is 17.4. The average molecular weight is 483 g/mol. The van der Waals surface area contributed by atoms with Gasteiger partial charge in [-0.25, -0.2) is 4.98 Å². The van der Waals surface area contributed by atoms with E-state index in [9.17, 15) is 14.9 Å². The Balaban J connectivity index is 1.57. The van der Waals surface area contributed by atoms with Crippen molar-refractivity contribution in [2.75, 3.05) is 17.9 Å². The smallest absolute Gasteiger partial charge is 0.433 e. The number of thioether (sulfide) groups is 1. The number of anilines is 1. The van der Waals surface area contributed by atoms with Gasteiger partial charge in [0.05, 0.1) is 29.6 Å². The van der Waals surface area contributed by atoms with Crippen LogP contribution >= 0.6 is 23.1 Å². The van der Waals surface area contributed by atoms with Crippen LogP contribution in [0.5, 0.6) is 5.75 Å². The SMILES string of the molecule is COc1ccc2nc(N(/N=C/c3ccc([N+](=O)[O-])o3)C(=O)CCSc3ccccc3)sc2c1. The molecular weight excluding hydrogens is 464 g/mol. The molecule has 0 aliphatic heterocycles. The number of hydrogen-bond acceptors (Lipinski definition) is 9. The number of nitro groups is 1. The van der Waals surface area contributed by atoms with E-state index in [2.05, 4.69) is 10.1 Å². The summed E-state index contributed by atoms with van der Waals surface area (Å²) >= 11 is 2.86. The lowest BCUT2D eigenvalue weighted by Crippen LogP contribution is -2.25. The molecule has 0 fully saturated rings. The number of thiazole rings is 1. The number of hydrazone groups is 1. The van der Waals surface area contributed by atoms with Crippen LogP contribution in [0.3, 0.4) is 0 Å². The summed E-state index contributed by atoms with van der Waals surface area (Å²) in [6, 6.07) is 17.9. The molecule has 168 valence electrons. The molecule has 0 radical (unpaired) electrons. The van der Waals surface area contributed by atoms with Crippen LogP contribution in [0.2, 0.25) is 0 Å². The van der Waals surface area contributed by atoms with Gasteiger partial charge in [-0.15, -0.1) is 11.8 Å². The lowest BCUT2D eigenvalue weighted by atomic mass is 10.3. The van der Waals surface area contributed by atoms with Gasteiger partial charge in [0.25, 0.3) is 0 Å². The van der Waals surface area contributed by atoms with E-state index >= 15 is 0 Å². The van der Waals surface area contributed by atoms with Gasteiger partial charge in [0.1, 0.15) is 10.7 Å². The number of methoxy groups -OCH3 is 1. The molecule has 33 heavy (non-hydrogen) atoms. The number of furan rings is 1. The molecule has 0 saturated heterocycles. The Morgan fingerprint density at radius 2 is 2.09 bits per heavy atom. The average Bonchev–Trinajstić information content (AvgIpc) is 3.46. The summed E-state index contributed by atoms with van der Waals surface area (Å²) in [5.74, 6) is 0.726. The Kier molecular flexibility index (Phi) is 7.01. The molecular formula is C22H18N4O5S2. The Labute approximate surface area is 196 Å². The first-order valence-electron chi connectivity index (χ1n) is 9.77. The van der Waals surface area contributed by atoms with Crippen molar-refractivity contribution >= 4 is 56.5 Å². The zero-order chi connectivity index (χ0) is 23.2. The second kappa shape index (κ2) is 10.3. The molecule has 0 N–H and O–H groups in total. The van der Waals surface area contributed by atoms with E-state index < -0.39 is 10.8 Å². The topological polar surface area (TPSA) is 111 Å².